The van der Waals surface area contributed by atoms with Gasteiger partial charge >= 0.3 is 17.6 Å². The average Bonchev–Trinajstić information content (AvgIpc) is 2.56. The zero-order chi connectivity index (χ0) is 18.9. The summed E-state index contributed by atoms with van der Waals surface area (Å²) in [5.74, 6) is 0. The van der Waals surface area contributed by atoms with Crippen LogP contribution in [0.25, 0.3) is 0 Å². The van der Waals surface area contributed by atoms with Crippen molar-refractivity contribution in [1.82, 2.24) is 6.15 Å². The van der Waals surface area contributed by atoms with Crippen LogP contribution in [0.15, 0.2) is 0 Å². The van der Waals surface area contributed by atoms with Gasteiger partial charge in [-0.3, -0.25) is 0 Å². The van der Waals surface area contributed by atoms with Crippen molar-refractivity contribution in [3.63, 3.8) is 0 Å². The van der Waals surface area contributed by atoms with Gasteiger partial charge in [-0.25, -0.2) is 0 Å². The molecule has 0 aromatic rings. The average molecular weight is 572 g/mol. The molecule has 30 heavy (non-hydrogen) atoms. The molecule has 0 aromatic carbocycles. The zero-order valence-corrected chi connectivity index (χ0v) is 27.3. The third-order valence-electron chi connectivity index (χ3n) is 3.05. The molecule has 0 unspecified atom stereocenters. The van der Waals surface area contributed by atoms with Crippen LogP contribution in [0.4, 0.5) is 0 Å². The van der Waals surface area contributed by atoms with Crippen LogP contribution in [0.3, 0.4) is 0 Å². The van der Waals surface area contributed by atoms with Gasteiger partial charge in [-0.1, -0.05) is 13.8 Å². The number of hydrogen-bond donors (Lipinski definition) is 1. The Morgan fingerprint density at radius 2 is 0.500 bits per heavy atom. The minimum Gasteiger partial charge on any atom is -0.374 e. The summed E-state index contributed by atoms with van der Waals surface area (Å²) in [7, 11) is -4.54. The summed E-state index contributed by atoms with van der Waals surface area (Å²) < 4.78 is 33.3. The highest BCUT2D eigenvalue weighted by molar-refractivity contribution is 7.60. The SMILES string of the molecule is CCO[Si](CC)(OCC)OCC.CCO[Si](CC)(OCC)OCC.N.S.S.S.S.S. The summed E-state index contributed by atoms with van der Waals surface area (Å²) in [6.45, 7) is 19.9. The molecule has 0 saturated carbocycles. The van der Waals surface area contributed by atoms with Crippen molar-refractivity contribution in [2.24, 2.45) is 0 Å². The first-order valence-electron chi connectivity index (χ1n) is 9.32. The molecular weight excluding hydrogens is 519 g/mol. The first-order valence-corrected chi connectivity index (χ1v) is 13.2. The van der Waals surface area contributed by atoms with Crippen molar-refractivity contribution in [1.29, 1.82) is 0 Å². The van der Waals surface area contributed by atoms with Gasteiger partial charge < -0.3 is 32.7 Å². The molecule has 0 radical (unpaired) electrons. The summed E-state index contributed by atoms with van der Waals surface area (Å²) in [4.78, 5) is 0. The molecule has 0 saturated heterocycles. The molecule has 0 aliphatic heterocycles. The van der Waals surface area contributed by atoms with Crippen LogP contribution in [0.5, 0.6) is 0 Å². The summed E-state index contributed by atoms with van der Waals surface area (Å²) in [5, 5.41) is 0. The van der Waals surface area contributed by atoms with E-state index in [4.69, 9.17) is 26.6 Å². The fourth-order valence-corrected chi connectivity index (χ4v) is 6.55. The molecule has 0 aliphatic carbocycles. The summed E-state index contributed by atoms with van der Waals surface area (Å²) in [6.07, 6.45) is 0. The van der Waals surface area contributed by atoms with Gasteiger partial charge in [0.2, 0.25) is 0 Å². The van der Waals surface area contributed by atoms with Gasteiger partial charge in [0, 0.05) is 51.7 Å². The third-order valence-corrected chi connectivity index (χ3v) is 9.15. The van der Waals surface area contributed by atoms with Gasteiger partial charge in [-0.15, -0.1) is 0 Å². The fraction of sp³-hybridized carbons (Fsp3) is 1.00. The lowest BCUT2D eigenvalue weighted by Gasteiger charge is -2.26. The molecule has 196 valence electrons. The molecule has 0 heterocycles. The number of rotatable bonds is 14. The van der Waals surface area contributed by atoms with Crippen LogP contribution in [-0.2, 0) is 26.6 Å². The van der Waals surface area contributed by atoms with E-state index in [1.54, 1.807) is 0 Å². The lowest BCUT2D eigenvalue weighted by Crippen LogP contribution is -2.45. The second-order valence-electron chi connectivity index (χ2n) is 4.67. The van der Waals surface area contributed by atoms with Crippen LogP contribution < -0.4 is 6.15 Å². The van der Waals surface area contributed by atoms with Crippen LogP contribution in [0.1, 0.15) is 55.4 Å². The van der Waals surface area contributed by atoms with Gasteiger partial charge in [0.15, 0.2) is 0 Å². The maximum absolute atomic E-state index is 5.55. The maximum atomic E-state index is 5.55. The van der Waals surface area contributed by atoms with Crippen LogP contribution in [-0.4, -0.2) is 57.3 Å². The molecular formula is C16H53NO6S5Si2. The second-order valence-corrected chi connectivity index (χ2v) is 10.5. The first-order chi connectivity index (χ1) is 11.5. The first kappa shape index (κ1) is 53.3. The Bertz CT molecular complexity index is 234. The molecule has 7 nitrogen and oxygen atoms in total. The topological polar surface area (TPSA) is 90.4 Å². The zero-order valence-electron chi connectivity index (χ0n) is 20.3. The highest BCUT2D eigenvalue weighted by Crippen LogP contribution is 2.15. The van der Waals surface area contributed by atoms with Crippen LogP contribution in [0.2, 0.25) is 12.1 Å². The van der Waals surface area contributed by atoms with Gasteiger partial charge in [-0.05, 0) is 41.5 Å². The standard InChI is InChI=1S/2C8H20O3Si.H3N.5H2S/c2*1-5-9-12(8-4,10-6-2)11-7-3;;;;;;/h2*5-8H2,1-4H3;1H3;5*1H2. The lowest BCUT2D eigenvalue weighted by atomic mass is 10.9. The Hall–Kier alpha value is 1.90. The molecule has 3 N–H and O–H groups in total. The molecule has 14 heteroatoms. The summed E-state index contributed by atoms with van der Waals surface area (Å²) >= 11 is 0. The minimum absolute atomic E-state index is 0. The predicted octanol–water partition coefficient (Wildman–Crippen LogP) is 4.84. The predicted molar refractivity (Wildman–Crippen MR) is 159 cm³/mol. The Morgan fingerprint density at radius 3 is 0.567 bits per heavy atom. The molecule has 0 rings (SSSR count). The second kappa shape index (κ2) is 35.5. The van der Waals surface area contributed by atoms with E-state index in [-0.39, 0.29) is 73.6 Å². The Kier molecular flexibility index (Phi) is 63.1. The monoisotopic (exact) mass is 571 g/mol. The lowest BCUT2D eigenvalue weighted by molar-refractivity contribution is 0.0718. The van der Waals surface area contributed by atoms with E-state index in [0.717, 1.165) is 12.1 Å². The van der Waals surface area contributed by atoms with E-state index >= 15 is 0 Å². The van der Waals surface area contributed by atoms with E-state index in [0.29, 0.717) is 39.6 Å². The number of hydrogen-bond acceptors (Lipinski definition) is 7. The van der Waals surface area contributed by atoms with Crippen molar-refractivity contribution >= 4 is 85.1 Å². The highest BCUT2D eigenvalue weighted by Gasteiger charge is 2.38. The van der Waals surface area contributed by atoms with E-state index in [1.165, 1.54) is 0 Å². The molecule has 0 fully saturated rings. The molecule has 0 aromatic heterocycles. The van der Waals surface area contributed by atoms with E-state index < -0.39 is 17.6 Å². The Labute approximate surface area is 224 Å². The molecule has 0 spiro atoms. The van der Waals surface area contributed by atoms with Crippen molar-refractivity contribution in [3.05, 3.63) is 0 Å². The van der Waals surface area contributed by atoms with Crippen LogP contribution >= 0.6 is 67.5 Å². The molecule has 0 atom stereocenters. The van der Waals surface area contributed by atoms with Gasteiger partial charge in [-0.2, -0.15) is 67.5 Å². The van der Waals surface area contributed by atoms with E-state index in [9.17, 15) is 0 Å². The highest BCUT2D eigenvalue weighted by atomic mass is 32.1. The maximum Gasteiger partial charge on any atom is 0.500 e. The van der Waals surface area contributed by atoms with E-state index in [2.05, 4.69) is 0 Å². The Morgan fingerprint density at radius 1 is 0.367 bits per heavy atom. The fourth-order valence-electron chi connectivity index (χ4n) is 2.18. The van der Waals surface area contributed by atoms with Gasteiger partial charge in [0.25, 0.3) is 0 Å². The van der Waals surface area contributed by atoms with Crippen molar-refractivity contribution in [2.45, 2.75) is 67.5 Å². The van der Waals surface area contributed by atoms with Crippen molar-refractivity contribution in [2.75, 3.05) is 39.6 Å². The summed E-state index contributed by atoms with van der Waals surface area (Å²) in [5.41, 5.74) is 0. The smallest absolute Gasteiger partial charge is 0.374 e. The minimum atomic E-state index is -2.27. The van der Waals surface area contributed by atoms with E-state index in [1.807, 2.05) is 55.4 Å². The van der Waals surface area contributed by atoms with Gasteiger partial charge in [0.1, 0.15) is 0 Å². The summed E-state index contributed by atoms with van der Waals surface area (Å²) in [6, 6.07) is 1.70. The molecule has 0 bridgehead atoms. The molecule has 0 amide bonds. The third kappa shape index (κ3) is 24.5. The Balaban J connectivity index is -0.0000000448. The van der Waals surface area contributed by atoms with Crippen molar-refractivity contribution < 1.29 is 26.6 Å². The normalized spacial score (nSPS) is 9.60. The van der Waals surface area contributed by atoms with Crippen molar-refractivity contribution in [3.8, 4) is 0 Å². The van der Waals surface area contributed by atoms with Crippen LogP contribution in [0, 0.1) is 0 Å². The molecule has 0 aliphatic rings. The largest absolute Gasteiger partial charge is 0.500 e. The quantitative estimate of drug-likeness (QED) is 0.298. The van der Waals surface area contributed by atoms with Gasteiger partial charge in [0.05, 0.1) is 0 Å².